The molecule has 0 aromatic rings. The quantitative estimate of drug-likeness (QED) is 0.173. The Balaban J connectivity index is 3.46. The Kier molecular flexibility index (Phi) is 16.0. The maximum atomic E-state index is 11.6. The van der Waals surface area contributed by atoms with E-state index in [9.17, 15) is 9.59 Å². The number of hydrogen-bond acceptors (Lipinski definition) is 3. The van der Waals surface area contributed by atoms with Crippen molar-refractivity contribution in [3.8, 4) is 0 Å². The lowest BCUT2D eigenvalue weighted by atomic mass is 10.00. The number of carbonyl (C=O) groups excluding carboxylic acids is 2. The molecule has 0 aromatic heterocycles. The van der Waals surface area contributed by atoms with Gasteiger partial charge in [0.1, 0.15) is 0 Å². The molecular weight excluding hydrogens is 312 g/mol. The standard InChI is InChI=1S/C22H42O3/c1-5-19(3)15-11-7-9-13-17-21(23)25-22(24)18-14-10-8-12-16-20(4)6-2/h19-20H,5-18H2,1-4H3. The summed E-state index contributed by atoms with van der Waals surface area (Å²) in [6, 6.07) is 0. The smallest absolute Gasteiger partial charge is 0.313 e. The average molecular weight is 355 g/mol. The number of rotatable bonds is 16. The number of ether oxygens (including phenoxy) is 1. The zero-order chi connectivity index (χ0) is 18.9. The van der Waals surface area contributed by atoms with Crippen LogP contribution in [0.1, 0.15) is 118 Å². The molecule has 0 heterocycles. The highest BCUT2D eigenvalue weighted by Gasteiger charge is 2.10. The molecule has 0 saturated carbocycles. The second-order valence-electron chi connectivity index (χ2n) is 7.78. The van der Waals surface area contributed by atoms with Gasteiger partial charge in [0.05, 0.1) is 0 Å². The van der Waals surface area contributed by atoms with E-state index in [1.807, 2.05) is 0 Å². The lowest BCUT2D eigenvalue weighted by molar-refractivity contribution is -0.159. The highest BCUT2D eigenvalue weighted by Crippen LogP contribution is 2.15. The van der Waals surface area contributed by atoms with Crippen LogP contribution in [0, 0.1) is 11.8 Å². The predicted octanol–water partition coefficient (Wildman–Crippen LogP) is 6.83. The first kappa shape index (κ1) is 24.1. The van der Waals surface area contributed by atoms with Gasteiger partial charge in [-0.2, -0.15) is 0 Å². The lowest BCUT2D eigenvalue weighted by Gasteiger charge is -2.08. The van der Waals surface area contributed by atoms with E-state index in [1.54, 1.807) is 0 Å². The van der Waals surface area contributed by atoms with Crippen molar-refractivity contribution in [1.29, 1.82) is 0 Å². The molecule has 3 heteroatoms. The van der Waals surface area contributed by atoms with Crippen LogP contribution < -0.4 is 0 Å². The van der Waals surface area contributed by atoms with E-state index in [4.69, 9.17) is 4.74 Å². The molecule has 0 aromatic carbocycles. The van der Waals surface area contributed by atoms with Crippen LogP contribution in [-0.4, -0.2) is 11.9 Å². The van der Waals surface area contributed by atoms with Gasteiger partial charge in [-0.15, -0.1) is 0 Å². The molecule has 0 rings (SSSR count). The minimum absolute atomic E-state index is 0.344. The molecule has 0 bridgehead atoms. The summed E-state index contributed by atoms with van der Waals surface area (Å²) in [5, 5.41) is 0. The third kappa shape index (κ3) is 16.4. The summed E-state index contributed by atoms with van der Waals surface area (Å²) >= 11 is 0. The van der Waals surface area contributed by atoms with Crippen LogP contribution in [0.3, 0.4) is 0 Å². The van der Waals surface area contributed by atoms with Crippen molar-refractivity contribution in [2.24, 2.45) is 11.8 Å². The summed E-state index contributed by atoms with van der Waals surface area (Å²) in [6.45, 7) is 9.03. The Hall–Kier alpha value is -0.860. The van der Waals surface area contributed by atoms with Crippen LogP contribution >= 0.6 is 0 Å². The third-order valence-corrected chi connectivity index (χ3v) is 5.28. The monoisotopic (exact) mass is 354 g/mol. The Morgan fingerprint density at radius 3 is 1.36 bits per heavy atom. The van der Waals surface area contributed by atoms with Gasteiger partial charge >= 0.3 is 11.9 Å². The first-order chi connectivity index (χ1) is 12.0. The van der Waals surface area contributed by atoms with Crippen LogP contribution in [-0.2, 0) is 14.3 Å². The summed E-state index contributed by atoms with van der Waals surface area (Å²) in [4.78, 5) is 23.3. The van der Waals surface area contributed by atoms with E-state index in [-0.39, 0.29) is 11.9 Å². The van der Waals surface area contributed by atoms with Crippen molar-refractivity contribution in [3.63, 3.8) is 0 Å². The fourth-order valence-corrected chi connectivity index (χ4v) is 2.87. The summed E-state index contributed by atoms with van der Waals surface area (Å²) in [5.74, 6) is 0.919. The van der Waals surface area contributed by atoms with E-state index in [0.29, 0.717) is 12.8 Å². The molecule has 0 amide bonds. The summed E-state index contributed by atoms with van der Waals surface area (Å²) in [7, 11) is 0. The van der Waals surface area contributed by atoms with Gasteiger partial charge in [-0.05, 0) is 24.7 Å². The number of carbonyl (C=O) groups is 2. The van der Waals surface area contributed by atoms with Crippen LogP contribution in [0.2, 0.25) is 0 Å². The van der Waals surface area contributed by atoms with Crippen LogP contribution in [0.15, 0.2) is 0 Å². The molecule has 25 heavy (non-hydrogen) atoms. The lowest BCUT2D eigenvalue weighted by Crippen LogP contribution is -2.11. The Morgan fingerprint density at radius 2 is 1.00 bits per heavy atom. The SMILES string of the molecule is CCC(C)CCCCCCC(=O)OC(=O)CCCCCCC(C)CC. The van der Waals surface area contributed by atoms with E-state index >= 15 is 0 Å². The van der Waals surface area contributed by atoms with Gasteiger partial charge in [-0.1, -0.05) is 91.9 Å². The predicted molar refractivity (Wildman–Crippen MR) is 105 cm³/mol. The molecule has 2 atom stereocenters. The van der Waals surface area contributed by atoms with Crippen molar-refractivity contribution >= 4 is 11.9 Å². The molecule has 2 unspecified atom stereocenters. The van der Waals surface area contributed by atoms with Crippen molar-refractivity contribution < 1.29 is 14.3 Å². The van der Waals surface area contributed by atoms with E-state index in [2.05, 4.69) is 27.7 Å². The Bertz CT molecular complexity index is 306. The second-order valence-corrected chi connectivity index (χ2v) is 7.78. The van der Waals surface area contributed by atoms with E-state index < -0.39 is 0 Å². The van der Waals surface area contributed by atoms with Crippen molar-refractivity contribution in [2.75, 3.05) is 0 Å². The summed E-state index contributed by atoms with van der Waals surface area (Å²) in [6.07, 6.45) is 14.4. The summed E-state index contributed by atoms with van der Waals surface area (Å²) in [5.41, 5.74) is 0. The normalized spacial score (nSPS) is 13.4. The first-order valence-corrected chi connectivity index (χ1v) is 10.7. The number of hydrogen-bond donors (Lipinski definition) is 0. The minimum atomic E-state index is -0.344. The van der Waals surface area contributed by atoms with Crippen LogP contribution in [0.4, 0.5) is 0 Å². The largest absolute Gasteiger partial charge is 0.393 e. The topological polar surface area (TPSA) is 43.4 Å². The fraction of sp³-hybridized carbons (Fsp3) is 0.909. The van der Waals surface area contributed by atoms with E-state index in [0.717, 1.165) is 37.5 Å². The molecule has 0 aliphatic carbocycles. The van der Waals surface area contributed by atoms with Gasteiger partial charge in [0.2, 0.25) is 0 Å². The second kappa shape index (κ2) is 16.6. The Morgan fingerprint density at radius 1 is 0.640 bits per heavy atom. The van der Waals surface area contributed by atoms with Gasteiger partial charge in [-0.3, -0.25) is 9.59 Å². The summed E-state index contributed by atoms with van der Waals surface area (Å²) < 4.78 is 4.90. The minimum Gasteiger partial charge on any atom is -0.393 e. The maximum absolute atomic E-state index is 11.6. The highest BCUT2D eigenvalue weighted by molar-refractivity contribution is 5.85. The van der Waals surface area contributed by atoms with Crippen molar-refractivity contribution in [3.05, 3.63) is 0 Å². The molecule has 0 N–H and O–H groups in total. The van der Waals surface area contributed by atoms with Gasteiger partial charge in [-0.25, -0.2) is 0 Å². The zero-order valence-electron chi connectivity index (χ0n) is 17.3. The van der Waals surface area contributed by atoms with Gasteiger partial charge in [0, 0.05) is 12.8 Å². The van der Waals surface area contributed by atoms with E-state index in [1.165, 1.54) is 51.4 Å². The van der Waals surface area contributed by atoms with Crippen LogP contribution in [0.5, 0.6) is 0 Å². The molecule has 0 spiro atoms. The molecule has 0 radical (unpaired) electrons. The van der Waals surface area contributed by atoms with Crippen LogP contribution in [0.25, 0.3) is 0 Å². The molecule has 0 aliphatic heterocycles. The number of unbranched alkanes of at least 4 members (excludes halogenated alkanes) is 6. The molecule has 3 nitrogen and oxygen atoms in total. The third-order valence-electron chi connectivity index (χ3n) is 5.28. The zero-order valence-corrected chi connectivity index (χ0v) is 17.3. The first-order valence-electron chi connectivity index (χ1n) is 10.7. The van der Waals surface area contributed by atoms with Gasteiger partial charge in [0.15, 0.2) is 0 Å². The number of esters is 2. The van der Waals surface area contributed by atoms with Gasteiger partial charge in [0.25, 0.3) is 0 Å². The van der Waals surface area contributed by atoms with Crippen molar-refractivity contribution in [2.45, 2.75) is 118 Å². The van der Waals surface area contributed by atoms with Crippen molar-refractivity contribution in [1.82, 2.24) is 0 Å². The average Bonchev–Trinajstić information content (AvgIpc) is 2.60. The molecule has 0 fully saturated rings. The molecular formula is C22H42O3. The Labute approximate surface area is 156 Å². The fourth-order valence-electron chi connectivity index (χ4n) is 2.87. The highest BCUT2D eigenvalue weighted by atomic mass is 16.6. The molecule has 0 saturated heterocycles. The molecule has 0 aliphatic rings. The molecule has 148 valence electrons. The maximum Gasteiger partial charge on any atom is 0.313 e. The van der Waals surface area contributed by atoms with Gasteiger partial charge < -0.3 is 4.74 Å².